The smallest absolute Gasteiger partial charge is 0.224 e. The van der Waals surface area contributed by atoms with E-state index in [0.29, 0.717) is 50.4 Å². The molecule has 3 fully saturated rings. The largest absolute Gasteiger partial charge is 0.497 e. The van der Waals surface area contributed by atoms with Crippen molar-refractivity contribution in [3.8, 4) is 5.75 Å². The minimum absolute atomic E-state index is 0.0787. The number of carbonyl (C=O) groups is 4. The number of methoxy groups -OCH3 is 1. The number of hydrogen-bond donors (Lipinski definition) is 3. The molecule has 9 heteroatoms. The Morgan fingerprint density at radius 2 is 1.75 bits per heavy atom. The Morgan fingerprint density at radius 3 is 2.33 bits per heavy atom. The highest BCUT2D eigenvalue weighted by atomic mass is 16.6. The second kappa shape index (κ2) is 13.3. The quantitative estimate of drug-likeness (QED) is 0.300. The van der Waals surface area contributed by atoms with E-state index in [4.69, 9.17) is 9.47 Å². The molecule has 6 atom stereocenters. The topological polar surface area (TPSA) is 134 Å². The molecule has 0 aromatic heterocycles. The molecule has 0 radical (unpaired) electrons. The molecule has 1 aliphatic heterocycles. The van der Waals surface area contributed by atoms with Crippen LogP contribution < -0.4 is 15.4 Å². The average molecular weight is 557 g/mol. The molecule has 0 spiro atoms. The SMILES string of the molecule is COc1ccc(CC(CC(=O)C(C)NC(=O)C2CCC(O)C2)C(=O)NC(CC2CCCC2)C(=O)C2(C)CO2)cc1. The lowest BCUT2D eigenvalue weighted by Crippen LogP contribution is -2.50. The summed E-state index contributed by atoms with van der Waals surface area (Å²) in [5.74, 6) is -0.914. The predicted molar refractivity (Wildman–Crippen MR) is 149 cm³/mol. The van der Waals surface area contributed by atoms with Gasteiger partial charge >= 0.3 is 0 Å². The molecule has 6 unspecified atom stereocenters. The van der Waals surface area contributed by atoms with Gasteiger partial charge in [-0.05, 0) is 69.6 Å². The maximum Gasteiger partial charge on any atom is 0.224 e. The standard InChI is InChI=1S/C31H44N2O7/c1-19(32-29(37)22-10-11-24(34)16-22)27(35)17-23(14-21-8-12-25(39-3)13-9-21)30(38)33-26(15-20-6-4-5-7-20)28(36)31(2)18-40-31/h8-9,12-13,19-20,22-24,26,34H,4-7,10-11,14-18H2,1-3H3,(H,32,37)(H,33,38). The zero-order valence-electron chi connectivity index (χ0n) is 23.9. The summed E-state index contributed by atoms with van der Waals surface area (Å²) in [7, 11) is 1.58. The molecule has 0 bridgehead atoms. The van der Waals surface area contributed by atoms with E-state index in [1.807, 2.05) is 24.3 Å². The van der Waals surface area contributed by atoms with Gasteiger partial charge in [-0.3, -0.25) is 19.2 Å². The molecule has 2 saturated carbocycles. The lowest BCUT2D eigenvalue weighted by Gasteiger charge is -2.26. The first-order valence-corrected chi connectivity index (χ1v) is 14.7. The molecule has 1 saturated heterocycles. The molecule has 1 heterocycles. The Balaban J connectivity index is 1.46. The van der Waals surface area contributed by atoms with E-state index >= 15 is 0 Å². The van der Waals surface area contributed by atoms with Crippen molar-refractivity contribution in [2.24, 2.45) is 17.8 Å². The Labute approximate surface area is 236 Å². The van der Waals surface area contributed by atoms with Gasteiger partial charge in [-0.25, -0.2) is 0 Å². The monoisotopic (exact) mass is 556 g/mol. The van der Waals surface area contributed by atoms with E-state index in [2.05, 4.69) is 10.6 Å². The Hall–Kier alpha value is -2.78. The van der Waals surface area contributed by atoms with Crippen LogP contribution in [0.15, 0.2) is 24.3 Å². The summed E-state index contributed by atoms with van der Waals surface area (Å²) in [5, 5.41) is 15.6. The second-order valence-electron chi connectivity index (χ2n) is 12.1. The Kier molecular flexibility index (Phi) is 10.0. The molecule has 9 nitrogen and oxygen atoms in total. The van der Waals surface area contributed by atoms with Crippen LogP contribution in [0.3, 0.4) is 0 Å². The molecule has 1 aromatic carbocycles. The summed E-state index contributed by atoms with van der Waals surface area (Å²) < 4.78 is 10.7. The molecule has 3 aliphatic rings. The molecule has 3 N–H and O–H groups in total. The zero-order valence-corrected chi connectivity index (χ0v) is 23.9. The first-order valence-electron chi connectivity index (χ1n) is 14.7. The number of carbonyl (C=O) groups excluding carboxylic acids is 4. The molecule has 2 amide bonds. The zero-order chi connectivity index (χ0) is 28.9. The second-order valence-corrected chi connectivity index (χ2v) is 12.1. The van der Waals surface area contributed by atoms with Gasteiger partial charge in [-0.15, -0.1) is 0 Å². The Bertz CT molecular complexity index is 1060. The Morgan fingerprint density at radius 1 is 1.07 bits per heavy atom. The van der Waals surface area contributed by atoms with Gasteiger partial charge in [0.05, 0.1) is 31.9 Å². The summed E-state index contributed by atoms with van der Waals surface area (Å²) in [6, 6.07) is 5.90. The molecule has 40 heavy (non-hydrogen) atoms. The highest BCUT2D eigenvalue weighted by molar-refractivity contribution is 5.98. The number of ketones is 2. The highest BCUT2D eigenvalue weighted by Gasteiger charge is 2.50. The molecular formula is C31H44N2O7. The third-order valence-electron chi connectivity index (χ3n) is 8.85. The van der Waals surface area contributed by atoms with Gasteiger partial charge in [0.2, 0.25) is 11.8 Å². The van der Waals surface area contributed by atoms with Gasteiger partial charge < -0.3 is 25.2 Å². The number of Topliss-reactive ketones (excluding diaryl/α,β-unsaturated/α-hetero) is 2. The maximum absolute atomic E-state index is 13.7. The van der Waals surface area contributed by atoms with E-state index in [9.17, 15) is 24.3 Å². The summed E-state index contributed by atoms with van der Waals surface area (Å²) in [6.45, 7) is 3.74. The van der Waals surface area contributed by atoms with Crippen LogP contribution in [0.1, 0.15) is 77.2 Å². The highest BCUT2D eigenvalue weighted by Crippen LogP contribution is 2.34. The van der Waals surface area contributed by atoms with Crippen LogP contribution >= 0.6 is 0 Å². The number of aliphatic hydroxyl groups is 1. The first kappa shape index (κ1) is 30.2. The van der Waals surface area contributed by atoms with Crippen molar-refractivity contribution in [1.29, 1.82) is 0 Å². The van der Waals surface area contributed by atoms with E-state index in [0.717, 1.165) is 31.2 Å². The number of aliphatic hydroxyl groups excluding tert-OH is 1. The molecule has 220 valence electrons. The van der Waals surface area contributed by atoms with Crippen LogP contribution in [0.5, 0.6) is 5.75 Å². The molecule has 1 aromatic rings. The van der Waals surface area contributed by atoms with Crippen LogP contribution in [0, 0.1) is 17.8 Å². The van der Waals surface area contributed by atoms with Crippen LogP contribution in [-0.2, 0) is 30.3 Å². The summed E-state index contributed by atoms with van der Waals surface area (Å²) in [4.78, 5) is 53.0. The fraction of sp³-hybridized carbons (Fsp3) is 0.677. The normalized spacial score (nSPS) is 26.5. The molecule has 2 aliphatic carbocycles. The maximum atomic E-state index is 13.7. The predicted octanol–water partition coefficient (Wildman–Crippen LogP) is 2.90. The number of nitrogens with one attached hydrogen (secondary N) is 2. The third-order valence-corrected chi connectivity index (χ3v) is 8.85. The number of amides is 2. The van der Waals surface area contributed by atoms with E-state index in [1.165, 1.54) is 0 Å². The van der Waals surface area contributed by atoms with Gasteiger partial charge in [0.25, 0.3) is 0 Å². The van der Waals surface area contributed by atoms with Crippen LogP contribution in [0.4, 0.5) is 0 Å². The molecular weight excluding hydrogens is 512 g/mol. The number of epoxide rings is 1. The lowest BCUT2D eigenvalue weighted by atomic mass is 9.88. The van der Waals surface area contributed by atoms with Crippen molar-refractivity contribution >= 4 is 23.4 Å². The van der Waals surface area contributed by atoms with Gasteiger partial charge in [0.1, 0.15) is 11.4 Å². The van der Waals surface area contributed by atoms with Crippen LogP contribution in [0.2, 0.25) is 0 Å². The summed E-state index contributed by atoms with van der Waals surface area (Å²) >= 11 is 0. The van der Waals surface area contributed by atoms with Crippen molar-refractivity contribution in [2.45, 2.75) is 102 Å². The fourth-order valence-electron chi connectivity index (χ4n) is 6.05. The van der Waals surface area contributed by atoms with Gasteiger partial charge in [-0.1, -0.05) is 37.8 Å². The minimum Gasteiger partial charge on any atom is -0.497 e. The van der Waals surface area contributed by atoms with E-state index in [-0.39, 0.29) is 35.7 Å². The van der Waals surface area contributed by atoms with E-state index in [1.54, 1.807) is 21.0 Å². The van der Waals surface area contributed by atoms with Gasteiger partial charge in [0.15, 0.2) is 11.6 Å². The van der Waals surface area contributed by atoms with Crippen molar-refractivity contribution in [1.82, 2.24) is 10.6 Å². The van der Waals surface area contributed by atoms with Crippen molar-refractivity contribution in [3.05, 3.63) is 29.8 Å². The van der Waals surface area contributed by atoms with Crippen molar-refractivity contribution < 1.29 is 33.8 Å². The number of ether oxygens (including phenoxy) is 2. The van der Waals surface area contributed by atoms with Crippen LogP contribution in [-0.4, -0.2) is 66.0 Å². The van der Waals surface area contributed by atoms with E-state index < -0.39 is 29.7 Å². The molecule has 4 rings (SSSR count). The van der Waals surface area contributed by atoms with Crippen LogP contribution in [0.25, 0.3) is 0 Å². The van der Waals surface area contributed by atoms with Crippen molar-refractivity contribution in [2.75, 3.05) is 13.7 Å². The fourth-order valence-corrected chi connectivity index (χ4v) is 6.05. The lowest BCUT2D eigenvalue weighted by molar-refractivity contribution is -0.135. The number of rotatable bonds is 14. The number of benzene rings is 1. The minimum atomic E-state index is -0.857. The van der Waals surface area contributed by atoms with Crippen molar-refractivity contribution in [3.63, 3.8) is 0 Å². The van der Waals surface area contributed by atoms with Gasteiger partial charge in [-0.2, -0.15) is 0 Å². The first-order chi connectivity index (χ1) is 19.1. The summed E-state index contributed by atoms with van der Waals surface area (Å²) in [5.41, 5.74) is 0.00585. The number of hydrogen-bond acceptors (Lipinski definition) is 7. The summed E-state index contributed by atoms with van der Waals surface area (Å²) in [6.07, 6.45) is 6.23. The van der Waals surface area contributed by atoms with Gasteiger partial charge in [0, 0.05) is 18.3 Å². The average Bonchev–Trinajstić information content (AvgIpc) is 3.28. The third kappa shape index (κ3) is 7.91.